The van der Waals surface area contributed by atoms with Gasteiger partial charge in [-0.05, 0) is 6.42 Å². The van der Waals surface area contributed by atoms with E-state index >= 15 is 0 Å². The molecule has 0 aromatic rings. The molecule has 0 saturated carbocycles. The van der Waals surface area contributed by atoms with Crippen LogP contribution in [0.1, 0.15) is 13.3 Å². The number of rotatable bonds is 2. The van der Waals surface area contributed by atoms with Crippen molar-refractivity contribution in [2.75, 3.05) is 0 Å². The molecule has 0 aliphatic heterocycles. The predicted molar refractivity (Wildman–Crippen MR) is 31.3 cm³/mol. The first kappa shape index (κ1) is 7.27. The van der Waals surface area contributed by atoms with Crippen LogP contribution in [-0.2, 0) is 0 Å². The Hall–Kier alpha value is 0.270. The molecule has 2 unspecified atom stereocenters. The van der Waals surface area contributed by atoms with Gasteiger partial charge in [0.05, 0.1) is 6.10 Å². The van der Waals surface area contributed by atoms with E-state index in [4.69, 9.17) is 10.2 Å². The third kappa shape index (κ3) is 2.91. The molecule has 0 aromatic carbocycles. The molecule has 7 heavy (non-hydrogen) atoms. The monoisotopic (exact) mass is 122 g/mol. The zero-order valence-electron chi connectivity index (χ0n) is 4.20. The van der Waals surface area contributed by atoms with Gasteiger partial charge in [0, 0.05) is 0 Å². The first-order valence-corrected chi connectivity index (χ1v) is 2.74. The minimum Gasteiger partial charge on any atom is -0.390 e. The zero-order valence-corrected chi connectivity index (χ0v) is 5.10. The normalized spacial score (nSPS) is 18.9. The van der Waals surface area contributed by atoms with Crippen LogP contribution in [0.2, 0.25) is 0 Å². The van der Waals surface area contributed by atoms with Crippen LogP contribution in [0.5, 0.6) is 0 Å². The minimum atomic E-state index is -0.884. The third-order valence-electron chi connectivity index (χ3n) is 0.762. The molecule has 0 amide bonds. The van der Waals surface area contributed by atoms with Crippen LogP contribution in [0, 0.1) is 0 Å². The van der Waals surface area contributed by atoms with Crippen LogP contribution in [0.15, 0.2) is 0 Å². The standard InChI is InChI=1S/C4H10O2S/c1-2-3(5)4(6)7/h3-7H,2H2,1H3. The van der Waals surface area contributed by atoms with E-state index in [0.717, 1.165) is 0 Å². The van der Waals surface area contributed by atoms with Gasteiger partial charge in [0.2, 0.25) is 0 Å². The highest BCUT2D eigenvalue weighted by molar-refractivity contribution is 7.80. The highest BCUT2D eigenvalue weighted by Crippen LogP contribution is 1.99. The number of thiol groups is 1. The molecule has 0 aliphatic carbocycles. The molecule has 0 aliphatic rings. The van der Waals surface area contributed by atoms with Crippen LogP contribution in [-0.4, -0.2) is 21.8 Å². The summed E-state index contributed by atoms with van der Waals surface area (Å²) in [6, 6.07) is 0. The summed E-state index contributed by atoms with van der Waals surface area (Å²) in [7, 11) is 0. The lowest BCUT2D eigenvalue weighted by molar-refractivity contribution is 0.0720. The van der Waals surface area contributed by atoms with E-state index < -0.39 is 11.5 Å². The molecular weight excluding hydrogens is 112 g/mol. The first-order valence-electron chi connectivity index (χ1n) is 2.22. The van der Waals surface area contributed by atoms with E-state index in [1.54, 1.807) is 6.92 Å². The maximum Gasteiger partial charge on any atom is 0.122 e. The van der Waals surface area contributed by atoms with Crippen molar-refractivity contribution in [2.45, 2.75) is 24.9 Å². The smallest absolute Gasteiger partial charge is 0.122 e. The molecule has 0 bridgehead atoms. The van der Waals surface area contributed by atoms with Crippen LogP contribution in [0.25, 0.3) is 0 Å². The van der Waals surface area contributed by atoms with Gasteiger partial charge in [-0.15, -0.1) is 12.6 Å². The second-order valence-electron chi connectivity index (χ2n) is 1.39. The van der Waals surface area contributed by atoms with E-state index in [2.05, 4.69) is 12.6 Å². The molecular formula is C4H10O2S. The SMILES string of the molecule is CCC(O)C(O)S. The summed E-state index contributed by atoms with van der Waals surface area (Å²) in [6.07, 6.45) is -0.131. The highest BCUT2D eigenvalue weighted by Gasteiger charge is 2.06. The summed E-state index contributed by atoms with van der Waals surface area (Å²) in [5.74, 6) is 0. The summed E-state index contributed by atoms with van der Waals surface area (Å²) in [5.41, 5.74) is -0.884. The van der Waals surface area contributed by atoms with Crippen molar-refractivity contribution in [2.24, 2.45) is 0 Å². The van der Waals surface area contributed by atoms with Gasteiger partial charge < -0.3 is 10.2 Å². The van der Waals surface area contributed by atoms with Gasteiger partial charge in [-0.2, -0.15) is 0 Å². The Morgan fingerprint density at radius 2 is 2.00 bits per heavy atom. The van der Waals surface area contributed by atoms with Crippen LogP contribution >= 0.6 is 12.6 Å². The molecule has 44 valence electrons. The Morgan fingerprint density at radius 1 is 1.57 bits per heavy atom. The third-order valence-corrected chi connectivity index (χ3v) is 1.11. The van der Waals surface area contributed by atoms with Crippen molar-refractivity contribution in [1.82, 2.24) is 0 Å². The van der Waals surface area contributed by atoms with Crippen molar-refractivity contribution < 1.29 is 10.2 Å². The van der Waals surface area contributed by atoms with Crippen molar-refractivity contribution in [1.29, 1.82) is 0 Å². The Bertz CT molecular complexity index is 47.0. The predicted octanol–water partition coefficient (Wildman–Crippen LogP) is 0.00550. The molecule has 0 spiro atoms. The molecule has 3 heteroatoms. The van der Waals surface area contributed by atoms with E-state index in [0.29, 0.717) is 6.42 Å². The molecule has 0 heterocycles. The Labute approximate surface area is 48.6 Å². The fourth-order valence-electron chi connectivity index (χ4n) is 0.211. The Balaban J connectivity index is 3.14. The summed E-state index contributed by atoms with van der Waals surface area (Å²) in [6.45, 7) is 1.78. The average molecular weight is 122 g/mol. The quantitative estimate of drug-likeness (QED) is 0.356. The number of hydrogen-bond donors (Lipinski definition) is 3. The largest absolute Gasteiger partial charge is 0.390 e. The fourth-order valence-corrected chi connectivity index (χ4v) is 0.422. The summed E-state index contributed by atoms with van der Waals surface area (Å²) in [4.78, 5) is 0. The Kier molecular flexibility index (Phi) is 3.42. The lowest BCUT2D eigenvalue weighted by Gasteiger charge is -2.07. The van der Waals surface area contributed by atoms with Gasteiger partial charge >= 0.3 is 0 Å². The van der Waals surface area contributed by atoms with Gasteiger partial charge in [0.1, 0.15) is 5.44 Å². The molecule has 0 aromatic heterocycles. The number of hydrogen-bond acceptors (Lipinski definition) is 3. The molecule has 2 nitrogen and oxygen atoms in total. The second-order valence-corrected chi connectivity index (χ2v) is 1.92. The van der Waals surface area contributed by atoms with Gasteiger partial charge in [0.25, 0.3) is 0 Å². The lowest BCUT2D eigenvalue weighted by Crippen LogP contribution is -2.18. The molecule has 2 atom stereocenters. The minimum absolute atomic E-state index is 0.546. The van der Waals surface area contributed by atoms with Gasteiger partial charge in [0.15, 0.2) is 0 Å². The summed E-state index contributed by atoms with van der Waals surface area (Å²) >= 11 is 3.58. The van der Waals surface area contributed by atoms with E-state index in [-0.39, 0.29) is 0 Å². The molecule has 0 radical (unpaired) electrons. The zero-order chi connectivity index (χ0) is 5.86. The molecule has 0 fully saturated rings. The van der Waals surface area contributed by atoms with Gasteiger partial charge in [-0.25, -0.2) is 0 Å². The van der Waals surface area contributed by atoms with Crippen LogP contribution < -0.4 is 0 Å². The summed E-state index contributed by atoms with van der Waals surface area (Å²) in [5, 5.41) is 17.0. The maximum absolute atomic E-state index is 8.61. The Morgan fingerprint density at radius 3 is 2.00 bits per heavy atom. The van der Waals surface area contributed by atoms with Crippen molar-refractivity contribution in [3.05, 3.63) is 0 Å². The van der Waals surface area contributed by atoms with Crippen molar-refractivity contribution in [3.8, 4) is 0 Å². The highest BCUT2D eigenvalue weighted by atomic mass is 32.1. The summed E-state index contributed by atoms with van der Waals surface area (Å²) < 4.78 is 0. The topological polar surface area (TPSA) is 40.5 Å². The van der Waals surface area contributed by atoms with E-state index in [1.165, 1.54) is 0 Å². The van der Waals surface area contributed by atoms with Crippen LogP contribution in [0.4, 0.5) is 0 Å². The second kappa shape index (κ2) is 3.29. The van der Waals surface area contributed by atoms with Gasteiger partial charge in [-0.1, -0.05) is 6.92 Å². The van der Waals surface area contributed by atoms with Crippen LogP contribution in [0.3, 0.4) is 0 Å². The fraction of sp³-hybridized carbons (Fsp3) is 1.00. The van der Waals surface area contributed by atoms with E-state index in [1.807, 2.05) is 0 Å². The maximum atomic E-state index is 8.61. The first-order chi connectivity index (χ1) is 3.18. The molecule has 0 saturated heterocycles. The van der Waals surface area contributed by atoms with Crippen molar-refractivity contribution in [3.63, 3.8) is 0 Å². The molecule has 0 rings (SSSR count). The average Bonchev–Trinajstić information content (AvgIpc) is 1.65. The molecule has 2 N–H and O–H groups in total. The van der Waals surface area contributed by atoms with Crippen molar-refractivity contribution >= 4 is 12.6 Å². The lowest BCUT2D eigenvalue weighted by atomic mass is 10.3. The van der Waals surface area contributed by atoms with E-state index in [9.17, 15) is 0 Å². The number of aliphatic hydroxyl groups excluding tert-OH is 2. The van der Waals surface area contributed by atoms with Gasteiger partial charge in [-0.3, -0.25) is 0 Å². The number of aliphatic hydroxyl groups is 2.